The van der Waals surface area contributed by atoms with E-state index >= 15 is 0 Å². The number of pyridine rings is 1. The average molecular weight is 232 g/mol. The fourth-order valence-electron chi connectivity index (χ4n) is 1.62. The highest BCUT2D eigenvalue weighted by atomic mass is 35.5. The van der Waals surface area contributed by atoms with E-state index in [0.29, 0.717) is 5.92 Å². The maximum atomic E-state index is 6.20. The van der Waals surface area contributed by atoms with Gasteiger partial charge in [-0.2, -0.15) is 0 Å². The zero-order valence-corrected chi connectivity index (χ0v) is 10.2. The van der Waals surface area contributed by atoms with E-state index in [1.54, 1.807) is 6.20 Å². The molecule has 0 amide bonds. The number of hydrogen-bond acceptors (Lipinski definition) is 1. The summed E-state index contributed by atoms with van der Waals surface area (Å²) < 4.78 is 0. The summed E-state index contributed by atoms with van der Waals surface area (Å²) in [5.41, 5.74) is 3.22. The Morgan fingerprint density at radius 2 is 1.94 bits per heavy atom. The lowest BCUT2D eigenvalue weighted by Crippen LogP contribution is -1.90. The summed E-state index contributed by atoms with van der Waals surface area (Å²) in [5.74, 6) is 0.500. The van der Waals surface area contributed by atoms with Crippen LogP contribution in [0.15, 0.2) is 42.6 Å². The van der Waals surface area contributed by atoms with E-state index in [2.05, 4.69) is 31.0 Å². The van der Waals surface area contributed by atoms with Crippen molar-refractivity contribution < 1.29 is 0 Å². The summed E-state index contributed by atoms with van der Waals surface area (Å²) in [6.45, 7) is 4.34. The van der Waals surface area contributed by atoms with Crippen LogP contribution >= 0.6 is 11.6 Å². The van der Waals surface area contributed by atoms with Crippen molar-refractivity contribution in [2.45, 2.75) is 19.8 Å². The molecule has 0 unspecified atom stereocenters. The Morgan fingerprint density at radius 3 is 2.56 bits per heavy atom. The summed E-state index contributed by atoms with van der Waals surface area (Å²) in [4.78, 5) is 4.33. The van der Waals surface area contributed by atoms with Crippen molar-refractivity contribution in [2.24, 2.45) is 0 Å². The molecule has 82 valence electrons. The SMILES string of the molecule is CC(C)c1ccc(Cl)c(-c2ccccn2)c1. The van der Waals surface area contributed by atoms with E-state index < -0.39 is 0 Å². The molecule has 2 heteroatoms. The van der Waals surface area contributed by atoms with Crippen LogP contribution in [-0.2, 0) is 0 Å². The van der Waals surface area contributed by atoms with Crippen molar-refractivity contribution in [2.75, 3.05) is 0 Å². The van der Waals surface area contributed by atoms with Gasteiger partial charge >= 0.3 is 0 Å². The molecule has 1 heterocycles. The van der Waals surface area contributed by atoms with Gasteiger partial charge in [-0.1, -0.05) is 37.6 Å². The van der Waals surface area contributed by atoms with Crippen molar-refractivity contribution in [1.29, 1.82) is 0 Å². The average Bonchev–Trinajstić information content (AvgIpc) is 2.30. The predicted octanol–water partition coefficient (Wildman–Crippen LogP) is 4.53. The van der Waals surface area contributed by atoms with Crippen LogP contribution in [0.1, 0.15) is 25.3 Å². The standard InChI is InChI=1S/C14H14ClN/c1-10(2)11-6-7-13(15)12(9-11)14-5-3-4-8-16-14/h3-10H,1-2H3. The Bertz CT molecular complexity index is 477. The number of aromatic nitrogens is 1. The van der Waals surface area contributed by atoms with Crippen LogP contribution in [-0.4, -0.2) is 4.98 Å². The van der Waals surface area contributed by atoms with E-state index in [1.165, 1.54) is 5.56 Å². The van der Waals surface area contributed by atoms with E-state index in [0.717, 1.165) is 16.3 Å². The van der Waals surface area contributed by atoms with Gasteiger partial charge in [-0.05, 0) is 35.7 Å². The van der Waals surface area contributed by atoms with Crippen LogP contribution in [0.4, 0.5) is 0 Å². The maximum Gasteiger partial charge on any atom is 0.0717 e. The third-order valence-corrected chi connectivity index (χ3v) is 2.93. The summed E-state index contributed by atoms with van der Waals surface area (Å²) in [7, 11) is 0. The first-order valence-electron chi connectivity index (χ1n) is 5.39. The molecular formula is C14H14ClN. The number of nitrogens with zero attached hydrogens (tertiary/aromatic N) is 1. The van der Waals surface area contributed by atoms with Crippen molar-refractivity contribution >= 4 is 11.6 Å². The molecule has 1 nitrogen and oxygen atoms in total. The Hall–Kier alpha value is -1.34. The number of halogens is 1. The second-order valence-electron chi connectivity index (χ2n) is 4.11. The molecule has 2 rings (SSSR count). The lowest BCUT2D eigenvalue weighted by atomic mass is 9.99. The Labute approximate surface area is 101 Å². The van der Waals surface area contributed by atoms with Gasteiger partial charge in [0.15, 0.2) is 0 Å². The first-order chi connectivity index (χ1) is 7.68. The van der Waals surface area contributed by atoms with Crippen LogP contribution in [0.3, 0.4) is 0 Å². The molecule has 0 bridgehead atoms. The summed E-state index contributed by atoms with van der Waals surface area (Å²) in [6.07, 6.45) is 1.79. The Morgan fingerprint density at radius 1 is 1.12 bits per heavy atom. The quantitative estimate of drug-likeness (QED) is 0.740. The van der Waals surface area contributed by atoms with Crippen molar-refractivity contribution in [1.82, 2.24) is 4.98 Å². The molecule has 0 atom stereocenters. The maximum absolute atomic E-state index is 6.20. The normalized spacial score (nSPS) is 10.8. The zero-order valence-electron chi connectivity index (χ0n) is 9.44. The van der Waals surface area contributed by atoms with Crippen molar-refractivity contribution in [3.8, 4) is 11.3 Å². The number of hydrogen-bond donors (Lipinski definition) is 0. The summed E-state index contributed by atoms with van der Waals surface area (Å²) >= 11 is 6.20. The second kappa shape index (κ2) is 4.67. The lowest BCUT2D eigenvalue weighted by Gasteiger charge is -2.09. The molecule has 1 aromatic heterocycles. The molecule has 2 aromatic rings. The van der Waals surface area contributed by atoms with Gasteiger partial charge in [-0.25, -0.2) is 0 Å². The van der Waals surface area contributed by atoms with Crippen LogP contribution in [0.5, 0.6) is 0 Å². The Balaban J connectivity index is 2.52. The van der Waals surface area contributed by atoms with Crippen LogP contribution in [0.25, 0.3) is 11.3 Å². The zero-order chi connectivity index (χ0) is 11.5. The van der Waals surface area contributed by atoms with E-state index in [9.17, 15) is 0 Å². The highest BCUT2D eigenvalue weighted by Gasteiger charge is 2.07. The molecule has 0 aliphatic rings. The molecule has 0 N–H and O–H groups in total. The van der Waals surface area contributed by atoms with Gasteiger partial charge in [-0.3, -0.25) is 4.98 Å². The number of benzene rings is 1. The molecule has 0 radical (unpaired) electrons. The highest BCUT2D eigenvalue weighted by Crippen LogP contribution is 2.29. The van der Waals surface area contributed by atoms with E-state index in [1.807, 2.05) is 24.3 Å². The van der Waals surface area contributed by atoms with Gasteiger partial charge in [0.25, 0.3) is 0 Å². The minimum Gasteiger partial charge on any atom is -0.256 e. The second-order valence-corrected chi connectivity index (χ2v) is 4.52. The molecule has 0 saturated carbocycles. The topological polar surface area (TPSA) is 12.9 Å². The molecule has 16 heavy (non-hydrogen) atoms. The van der Waals surface area contributed by atoms with Crippen LogP contribution in [0, 0.1) is 0 Å². The van der Waals surface area contributed by atoms with Gasteiger partial charge in [0.2, 0.25) is 0 Å². The van der Waals surface area contributed by atoms with Gasteiger partial charge in [0, 0.05) is 16.8 Å². The van der Waals surface area contributed by atoms with Crippen LogP contribution < -0.4 is 0 Å². The van der Waals surface area contributed by atoms with Crippen LogP contribution in [0.2, 0.25) is 5.02 Å². The van der Waals surface area contributed by atoms with Gasteiger partial charge in [0.05, 0.1) is 5.69 Å². The fraction of sp³-hybridized carbons (Fsp3) is 0.214. The minimum absolute atomic E-state index is 0.500. The highest BCUT2D eigenvalue weighted by molar-refractivity contribution is 6.33. The predicted molar refractivity (Wildman–Crippen MR) is 68.8 cm³/mol. The van der Waals surface area contributed by atoms with Gasteiger partial charge < -0.3 is 0 Å². The largest absolute Gasteiger partial charge is 0.256 e. The minimum atomic E-state index is 0.500. The first kappa shape index (κ1) is 11.2. The van der Waals surface area contributed by atoms with Gasteiger partial charge in [0.1, 0.15) is 0 Å². The van der Waals surface area contributed by atoms with Crippen molar-refractivity contribution in [3.63, 3.8) is 0 Å². The smallest absolute Gasteiger partial charge is 0.0717 e. The molecule has 0 spiro atoms. The molecular weight excluding hydrogens is 218 g/mol. The number of rotatable bonds is 2. The first-order valence-corrected chi connectivity index (χ1v) is 5.77. The monoisotopic (exact) mass is 231 g/mol. The molecule has 0 fully saturated rings. The van der Waals surface area contributed by atoms with Gasteiger partial charge in [-0.15, -0.1) is 0 Å². The van der Waals surface area contributed by atoms with Crippen molar-refractivity contribution in [3.05, 3.63) is 53.2 Å². The summed E-state index contributed by atoms with van der Waals surface area (Å²) in [6, 6.07) is 12.0. The molecule has 0 saturated heterocycles. The lowest BCUT2D eigenvalue weighted by molar-refractivity contribution is 0.867. The molecule has 1 aromatic carbocycles. The van der Waals surface area contributed by atoms with E-state index in [-0.39, 0.29) is 0 Å². The fourth-order valence-corrected chi connectivity index (χ4v) is 1.83. The third-order valence-electron chi connectivity index (χ3n) is 2.60. The molecule has 0 aliphatic carbocycles. The summed E-state index contributed by atoms with van der Waals surface area (Å²) in [5, 5.41) is 0.753. The molecule has 0 aliphatic heterocycles. The Kier molecular flexibility index (Phi) is 3.25. The third kappa shape index (κ3) is 2.25. The van der Waals surface area contributed by atoms with E-state index in [4.69, 9.17) is 11.6 Å².